The number of fused-ring (bicyclic) bond motifs is 2. The Labute approximate surface area is 185 Å². The van der Waals surface area contributed by atoms with Crippen molar-refractivity contribution in [2.24, 2.45) is 0 Å². The van der Waals surface area contributed by atoms with Crippen LogP contribution < -0.4 is 15.4 Å². The lowest BCUT2D eigenvalue weighted by molar-refractivity contribution is 0.0836. The van der Waals surface area contributed by atoms with Gasteiger partial charge in [0.15, 0.2) is 0 Å². The maximum absolute atomic E-state index is 15.0. The largest absolute Gasteiger partial charge is 0.474 e. The standard InChI is InChI=1S/C23H25FN4O4/c1-13(30-3)4-6-32-23(29)28-20-10-15-8-17(19(24)9-16(15)11-26-20)18-12-27-22-21(14(18)2)25-5-7-31-22/h8-13,25H,4-7H2,1-3H3,(H,26,28,29). The minimum Gasteiger partial charge on any atom is -0.474 e. The zero-order chi connectivity index (χ0) is 22.7. The molecular weight excluding hydrogens is 415 g/mol. The molecule has 3 aromatic rings. The second-order valence-corrected chi connectivity index (χ2v) is 7.60. The van der Waals surface area contributed by atoms with Crippen LogP contribution in [0.25, 0.3) is 21.9 Å². The van der Waals surface area contributed by atoms with E-state index < -0.39 is 6.09 Å². The van der Waals surface area contributed by atoms with E-state index in [0.29, 0.717) is 47.8 Å². The summed E-state index contributed by atoms with van der Waals surface area (Å²) < 4.78 is 30.8. The number of methoxy groups -OCH3 is 1. The number of ether oxygens (including phenoxy) is 3. The number of rotatable bonds is 6. The van der Waals surface area contributed by atoms with Crippen molar-refractivity contribution < 1.29 is 23.4 Å². The number of nitrogens with one attached hydrogen (secondary N) is 2. The molecule has 9 heteroatoms. The van der Waals surface area contributed by atoms with Gasteiger partial charge in [-0.15, -0.1) is 0 Å². The molecule has 32 heavy (non-hydrogen) atoms. The van der Waals surface area contributed by atoms with Gasteiger partial charge in [-0.1, -0.05) is 0 Å². The Morgan fingerprint density at radius 3 is 2.91 bits per heavy atom. The van der Waals surface area contributed by atoms with Crippen LogP contribution in [0.15, 0.2) is 30.6 Å². The van der Waals surface area contributed by atoms with Crippen LogP contribution >= 0.6 is 0 Å². The van der Waals surface area contributed by atoms with Crippen LogP contribution in [-0.4, -0.2) is 49.0 Å². The Balaban J connectivity index is 1.58. The highest BCUT2D eigenvalue weighted by molar-refractivity contribution is 5.92. The lowest BCUT2D eigenvalue weighted by Gasteiger charge is -2.21. The average molecular weight is 440 g/mol. The van der Waals surface area contributed by atoms with E-state index in [4.69, 9.17) is 14.2 Å². The lowest BCUT2D eigenvalue weighted by atomic mass is 9.98. The molecule has 2 aromatic heterocycles. The summed E-state index contributed by atoms with van der Waals surface area (Å²) in [6, 6.07) is 4.83. The molecular formula is C23H25FN4O4. The first-order chi connectivity index (χ1) is 15.5. The van der Waals surface area contributed by atoms with E-state index >= 15 is 0 Å². The van der Waals surface area contributed by atoms with E-state index in [1.807, 2.05) is 13.8 Å². The summed E-state index contributed by atoms with van der Waals surface area (Å²) in [7, 11) is 1.60. The van der Waals surface area contributed by atoms with Crippen molar-refractivity contribution in [1.82, 2.24) is 9.97 Å². The summed E-state index contributed by atoms with van der Waals surface area (Å²) in [5, 5.41) is 7.21. The molecule has 0 bridgehead atoms. The van der Waals surface area contributed by atoms with E-state index in [-0.39, 0.29) is 18.5 Å². The van der Waals surface area contributed by atoms with Crippen molar-refractivity contribution in [3.05, 3.63) is 42.0 Å². The second kappa shape index (κ2) is 9.35. The number of benzene rings is 1. The number of carbonyl (C=O) groups is 1. The third kappa shape index (κ3) is 4.57. The number of carbonyl (C=O) groups excluding carboxylic acids is 1. The normalized spacial score (nSPS) is 13.6. The number of hydrogen-bond acceptors (Lipinski definition) is 7. The quantitative estimate of drug-likeness (QED) is 0.582. The summed E-state index contributed by atoms with van der Waals surface area (Å²) in [6.45, 7) is 5.24. The number of anilines is 2. The van der Waals surface area contributed by atoms with Gasteiger partial charge in [0.2, 0.25) is 5.88 Å². The molecule has 1 atom stereocenters. The summed E-state index contributed by atoms with van der Waals surface area (Å²) in [4.78, 5) is 20.6. The molecule has 8 nitrogen and oxygen atoms in total. The van der Waals surface area contributed by atoms with Crippen molar-refractivity contribution in [3.8, 4) is 17.0 Å². The fourth-order valence-electron chi connectivity index (χ4n) is 3.51. The molecule has 1 unspecified atom stereocenters. The van der Waals surface area contributed by atoms with Gasteiger partial charge >= 0.3 is 6.09 Å². The molecule has 0 radical (unpaired) electrons. The summed E-state index contributed by atoms with van der Waals surface area (Å²) >= 11 is 0. The van der Waals surface area contributed by atoms with Gasteiger partial charge in [-0.3, -0.25) is 5.32 Å². The maximum atomic E-state index is 15.0. The van der Waals surface area contributed by atoms with Crippen LogP contribution in [0, 0.1) is 12.7 Å². The first kappa shape index (κ1) is 21.8. The van der Waals surface area contributed by atoms with Gasteiger partial charge in [0.05, 0.1) is 12.7 Å². The van der Waals surface area contributed by atoms with E-state index in [2.05, 4.69) is 20.6 Å². The van der Waals surface area contributed by atoms with Crippen molar-refractivity contribution in [2.75, 3.05) is 37.5 Å². The fraction of sp³-hybridized carbons (Fsp3) is 0.348. The number of nitrogens with zero attached hydrogens (tertiary/aromatic N) is 2. The van der Waals surface area contributed by atoms with Gasteiger partial charge in [0, 0.05) is 49.0 Å². The highest BCUT2D eigenvalue weighted by Crippen LogP contribution is 2.37. The Morgan fingerprint density at radius 2 is 2.09 bits per heavy atom. The number of aromatic nitrogens is 2. The van der Waals surface area contributed by atoms with Gasteiger partial charge in [-0.25, -0.2) is 19.2 Å². The molecule has 1 amide bonds. The molecule has 1 aromatic carbocycles. The third-order valence-corrected chi connectivity index (χ3v) is 5.43. The van der Waals surface area contributed by atoms with Gasteiger partial charge in [0.1, 0.15) is 23.9 Å². The minimum atomic E-state index is -0.608. The predicted molar refractivity (Wildman–Crippen MR) is 120 cm³/mol. The molecule has 0 saturated heterocycles. The summed E-state index contributed by atoms with van der Waals surface area (Å²) in [5.74, 6) is 0.455. The van der Waals surface area contributed by atoms with Gasteiger partial charge in [-0.2, -0.15) is 0 Å². The topological polar surface area (TPSA) is 94.6 Å². The van der Waals surface area contributed by atoms with Gasteiger partial charge in [0.25, 0.3) is 0 Å². The Morgan fingerprint density at radius 1 is 1.25 bits per heavy atom. The van der Waals surface area contributed by atoms with Crippen LogP contribution in [-0.2, 0) is 9.47 Å². The molecule has 168 valence electrons. The first-order valence-electron chi connectivity index (χ1n) is 10.4. The molecule has 0 saturated carbocycles. The summed E-state index contributed by atoms with van der Waals surface area (Å²) in [6.07, 6.45) is 3.11. The molecule has 4 rings (SSSR count). The van der Waals surface area contributed by atoms with Crippen molar-refractivity contribution in [2.45, 2.75) is 26.4 Å². The molecule has 1 aliphatic heterocycles. The van der Waals surface area contributed by atoms with Crippen LogP contribution in [0.1, 0.15) is 18.9 Å². The van der Waals surface area contributed by atoms with Crippen LogP contribution in [0.2, 0.25) is 0 Å². The Bertz CT molecular complexity index is 1150. The zero-order valence-corrected chi connectivity index (χ0v) is 18.2. The maximum Gasteiger partial charge on any atom is 0.412 e. The average Bonchev–Trinajstić information content (AvgIpc) is 2.79. The van der Waals surface area contributed by atoms with Gasteiger partial charge in [-0.05, 0) is 43.0 Å². The zero-order valence-electron chi connectivity index (χ0n) is 18.2. The fourth-order valence-corrected chi connectivity index (χ4v) is 3.51. The highest BCUT2D eigenvalue weighted by atomic mass is 19.1. The molecule has 1 aliphatic rings. The van der Waals surface area contributed by atoms with Crippen LogP contribution in [0.5, 0.6) is 5.88 Å². The molecule has 0 aliphatic carbocycles. The predicted octanol–water partition coefficient (Wildman–Crippen LogP) is 4.52. The van der Waals surface area contributed by atoms with E-state index in [1.165, 1.54) is 12.3 Å². The summed E-state index contributed by atoms with van der Waals surface area (Å²) in [5.41, 5.74) is 2.70. The second-order valence-electron chi connectivity index (χ2n) is 7.60. The number of pyridine rings is 2. The van der Waals surface area contributed by atoms with Crippen molar-refractivity contribution in [1.29, 1.82) is 0 Å². The van der Waals surface area contributed by atoms with Crippen molar-refractivity contribution in [3.63, 3.8) is 0 Å². The molecule has 3 heterocycles. The number of amides is 1. The monoisotopic (exact) mass is 440 g/mol. The number of halogens is 1. The Kier molecular flexibility index (Phi) is 6.36. The third-order valence-electron chi connectivity index (χ3n) is 5.43. The lowest BCUT2D eigenvalue weighted by Crippen LogP contribution is -2.20. The van der Waals surface area contributed by atoms with E-state index in [1.54, 1.807) is 25.4 Å². The minimum absolute atomic E-state index is 0.00165. The SMILES string of the molecule is COC(C)CCOC(=O)Nc1cc2cc(-c3cnc4c(c3C)NCCO4)c(F)cc2cn1. The Hall–Kier alpha value is -3.46. The van der Waals surface area contributed by atoms with E-state index in [0.717, 1.165) is 16.6 Å². The van der Waals surface area contributed by atoms with Gasteiger partial charge < -0.3 is 19.5 Å². The number of hydrogen-bond donors (Lipinski definition) is 2. The molecule has 0 fully saturated rings. The van der Waals surface area contributed by atoms with Crippen LogP contribution in [0.4, 0.5) is 20.7 Å². The van der Waals surface area contributed by atoms with E-state index in [9.17, 15) is 9.18 Å². The van der Waals surface area contributed by atoms with Crippen LogP contribution in [0.3, 0.4) is 0 Å². The van der Waals surface area contributed by atoms with Crippen molar-refractivity contribution >= 4 is 28.4 Å². The molecule has 0 spiro atoms. The first-order valence-corrected chi connectivity index (χ1v) is 10.4. The highest BCUT2D eigenvalue weighted by Gasteiger charge is 2.19. The molecule has 2 N–H and O–H groups in total. The smallest absolute Gasteiger partial charge is 0.412 e.